The number of anilines is 1. The van der Waals surface area contributed by atoms with E-state index in [0.29, 0.717) is 11.5 Å². The molecule has 6 heteroatoms. The highest BCUT2D eigenvalue weighted by Gasteiger charge is 2.28. The van der Waals surface area contributed by atoms with Gasteiger partial charge in [-0.15, -0.1) is 0 Å². The fraction of sp³-hybridized carbons (Fsp3) is 0.214. The maximum atomic E-state index is 12.5. The fourth-order valence-corrected chi connectivity index (χ4v) is 4.96. The predicted molar refractivity (Wildman–Crippen MR) is 140 cm³/mol. The summed E-state index contributed by atoms with van der Waals surface area (Å²) in [6, 6.07) is 26.6. The van der Waals surface area contributed by atoms with Crippen molar-refractivity contribution in [3.63, 3.8) is 0 Å². The first-order valence-corrected chi connectivity index (χ1v) is 12.3. The highest BCUT2D eigenvalue weighted by Crippen LogP contribution is 2.31. The molecule has 0 N–H and O–H groups in total. The Bertz CT molecular complexity index is 1200. The zero-order valence-corrected chi connectivity index (χ0v) is 20.0. The summed E-state index contributed by atoms with van der Waals surface area (Å²) < 4.78 is 5.85. The molecule has 172 valence electrons. The molecule has 0 aromatic heterocycles. The first-order valence-electron chi connectivity index (χ1n) is 11.5. The van der Waals surface area contributed by atoms with Crippen LogP contribution in [0.25, 0.3) is 6.08 Å². The Kier molecular flexibility index (Phi) is 6.67. The summed E-state index contributed by atoms with van der Waals surface area (Å²) in [4.78, 5) is 22.1. The number of rotatable bonds is 5. The summed E-state index contributed by atoms with van der Waals surface area (Å²) in [6.07, 6.45) is 1.91. The van der Waals surface area contributed by atoms with E-state index in [0.717, 1.165) is 48.2 Å². The van der Waals surface area contributed by atoms with Gasteiger partial charge in [0.1, 0.15) is 12.4 Å². The smallest absolute Gasteiger partial charge is 0.286 e. The lowest BCUT2D eigenvalue weighted by Gasteiger charge is -2.36. The van der Waals surface area contributed by atoms with Crippen molar-refractivity contribution in [1.82, 2.24) is 4.90 Å². The molecule has 5 nitrogen and oxygen atoms in total. The first kappa shape index (κ1) is 22.3. The van der Waals surface area contributed by atoms with Crippen LogP contribution in [0.15, 0.2) is 88.8 Å². The van der Waals surface area contributed by atoms with E-state index >= 15 is 0 Å². The molecule has 0 saturated carbocycles. The van der Waals surface area contributed by atoms with Gasteiger partial charge in [-0.25, -0.2) is 0 Å². The van der Waals surface area contributed by atoms with Crippen molar-refractivity contribution in [3.05, 3.63) is 100 Å². The van der Waals surface area contributed by atoms with Crippen molar-refractivity contribution in [2.75, 3.05) is 31.1 Å². The van der Waals surface area contributed by atoms with Gasteiger partial charge in [0, 0.05) is 31.9 Å². The normalized spacial score (nSPS) is 17.3. The van der Waals surface area contributed by atoms with Gasteiger partial charge in [0.25, 0.3) is 5.91 Å². The van der Waals surface area contributed by atoms with Gasteiger partial charge in [0.2, 0.25) is 0 Å². The lowest BCUT2D eigenvalue weighted by atomic mass is 10.2. The average molecular weight is 470 g/mol. The number of aliphatic imine (C=N–C) groups is 1. The van der Waals surface area contributed by atoms with Gasteiger partial charge in [-0.3, -0.25) is 4.79 Å². The van der Waals surface area contributed by atoms with Gasteiger partial charge < -0.3 is 14.5 Å². The van der Waals surface area contributed by atoms with E-state index in [1.165, 1.54) is 23.0 Å². The molecule has 3 aromatic rings. The van der Waals surface area contributed by atoms with E-state index in [4.69, 9.17) is 4.74 Å². The maximum absolute atomic E-state index is 12.5. The van der Waals surface area contributed by atoms with E-state index < -0.39 is 0 Å². The number of carbonyl (C=O) groups excluding carboxylic acids is 1. The summed E-state index contributed by atoms with van der Waals surface area (Å²) in [5, 5.41) is 0.808. The number of benzene rings is 3. The van der Waals surface area contributed by atoms with E-state index in [1.54, 1.807) is 0 Å². The first-order chi connectivity index (χ1) is 16.6. The zero-order chi connectivity index (χ0) is 23.3. The van der Waals surface area contributed by atoms with Crippen LogP contribution in [-0.4, -0.2) is 42.2 Å². The SMILES string of the molecule is Cc1ccc(N2CCN(C3=NC(=O)/C(=C\c4ccc(OCc5ccccc5)cc4)S3)CC2)cc1. The number of hydrogen-bond acceptors (Lipinski definition) is 5. The number of amidine groups is 1. The molecule has 2 aliphatic heterocycles. The minimum absolute atomic E-state index is 0.162. The van der Waals surface area contributed by atoms with Gasteiger partial charge in [0.15, 0.2) is 5.17 Å². The maximum Gasteiger partial charge on any atom is 0.286 e. The summed E-state index contributed by atoms with van der Waals surface area (Å²) >= 11 is 1.47. The number of thioether (sulfide) groups is 1. The molecule has 1 saturated heterocycles. The lowest BCUT2D eigenvalue weighted by Crippen LogP contribution is -2.47. The average Bonchev–Trinajstić information content (AvgIpc) is 3.25. The van der Waals surface area contributed by atoms with E-state index in [-0.39, 0.29) is 5.91 Å². The largest absolute Gasteiger partial charge is 0.489 e. The summed E-state index contributed by atoms with van der Waals surface area (Å²) in [5.74, 6) is 0.644. The molecule has 2 aliphatic rings. The third-order valence-corrected chi connectivity index (χ3v) is 7.03. The van der Waals surface area contributed by atoms with Crippen molar-refractivity contribution < 1.29 is 9.53 Å². The molecule has 5 rings (SSSR count). The molecule has 0 unspecified atom stereocenters. The minimum atomic E-state index is -0.162. The van der Waals surface area contributed by atoms with Crippen LogP contribution in [-0.2, 0) is 11.4 Å². The monoisotopic (exact) mass is 469 g/mol. The van der Waals surface area contributed by atoms with Crippen LogP contribution in [0.3, 0.4) is 0 Å². The number of nitrogens with zero attached hydrogens (tertiary/aromatic N) is 3. The fourth-order valence-electron chi connectivity index (χ4n) is 4.00. The second-order valence-electron chi connectivity index (χ2n) is 8.46. The summed E-state index contributed by atoms with van der Waals surface area (Å²) in [6.45, 7) is 6.18. The van der Waals surface area contributed by atoms with Crippen LogP contribution in [0, 0.1) is 6.92 Å². The van der Waals surface area contributed by atoms with Gasteiger partial charge in [0.05, 0.1) is 4.91 Å². The zero-order valence-electron chi connectivity index (χ0n) is 19.2. The molecular weight excluding hydrogens is 442 g/mol. The number of ether oxygens (including phenoxy) is 1. The van der Waals surface area contributed by atoms with E-state index in [1.807, 2.05) is 60.7 Å². The topological polar surface area (TPSA) is 45.1 Å². The van der Waals surface area contributed by atoms with Gasteiger partial charge in [-0.05, 0) is 60.2 Å². The number of carbonyl (C=O) groups is 1. The summed E-state index contributed by atoms with van der Waals surface area (Å²) in [7, 11) is 0. The second-order valence-corrected chi connectivity index (χ2v) is 9.47. The van der Waals surface area contributed by atoms with Crippen LogP contribution in [0.2, 0.25) is 0 Å². The molecule has 3 aromatic carbocycles. The molecule has 0 radical (unpaired) electrons. The molecule has 1 amide bonds. The molecule has 34 heavy (non-hydrogen) atoms. The standard InChI is InChI=1S/C28H27N3O2S/c1-21-7-11-24(12-8-21)30-15-17-31(18-16-30)28-29-27(32)26(34-28)19-22-9-13-25(14-10-22)33-20-23-5-3-2-4-6-23/h2-14,19H,15-18,20H2,1H3/b26-19+. The van der Waals surface area contributed by atoms with Crippen LogP contribution in [0.4, 0.5) is 5.69 Å². The number of hydrogen-bond donors (Lipinski definition) is 0. The molecule has 1 fully saturated rings. The lowest BCUT2D eigenvalue weighted by molar-refractivity contribution is -0.113. The Labute approximate surface area is 204 Å². The Balaban J connectivity index is 1.16. The van der Waals surface area contributed by atoms with Crippen molar-refractivity contribution in [3.8, 4) is 5.75 Å². The Morgan fingerprint density at radius 1 is 0.882 bits per heavy atom. The van der Waals surface area contributed by atoms with Gasteiger partial charge in [-0.2, -0.15) is 4.99 Å². The number of aryl methyl sites for hydroxylation is 1. The molecule has 0 spiro atoms. The quantitative estimate of drug-likeness (QED) is 0.471. The third-order valence-electron chi connectivity index (χ3n) is 5.98. The van der Waals surface area contributed by atoms with E-state index in [9.17, 15) is 4.79 Å². The highest BCUT2D eigenvalue weighted by atomic mass is 32.2. The second kappa shape index (κ2) is 10.2. The molecular formula is C28H27N3O2S. The molecule has 2 heterocycles. The number of piperazine rings is 1. The Morgan fingerprint density at radius 2 is 1.56 bits per heavy atom. The van der Waals surface area contributed by atoms with Crippen molar-refractivity contribution in [2.45, 2.75) is 13.5 Å². The Hall–Kier alpha value is -3.51. The predicted octanol–water partition coefficient (Wildman–Crippen LogP) is 5.37. The molecule has 0 aliphatic carbocycles. The summed E-state index contributed by atoms with van der Waals surface area (Å²) in [5.41, 5.74) is 4.61. The van der Waals surface area contributed by atoms with Crippen LogP contribution in [0.5, 0.6) is 5.75 Å². The highest BCUT2D eigenvalue weighted by molar-refractivity contribution is 8.18. The van der Waals surface area contributed by atoms with Gasteiger partial charge >= 0.3 is 0 Å². The van der Waals surface area contributed by atoms with Crippen molar-refractivity contribution >= 4 is 34.6 Å². The van der Waals surface area contributed by atoms with Crippen LogP contribution < -0.4 is 9.64 Å². The van der Waals surface area contributed by atoms with Crippen molar-refractivity contribution in [2.24, 2.45) is 4.99 Å². The molecule has 0 atom stereocenters. The van der Waals surface area contributed by atoms with Crippen LogP contribution >= 0.6 is 11.8 Å². The van der Waals surface area contributed by atoms with E-state index in [2.05, 4.69) is 46.0 Å². The number of amides is 1. The minimum Gasteiger partial charge on any atom is -0.489 e. The van der Waals surface area contributed by atoms with Crippen LogP contribution in [0.1, 0.15) is 16.7 Å². The molecule has 0 bridgehead atoms. The van der Waals surface area contributed by atoms with Crippen molar-refractivity contribution in [1.29, 1.82) is 0 Å². The third kappa shape index (κ3) is 5.34. The van der Waals surface area contributed by atoms with Gasteiger partial charge in [-0.1, -0.05) is 60.2 Å². The Morgan fingerprint density at radius 3 is 2.26 bits per heavy atom.